The molecule has 0 saturated carbocycles. The average molecular weight is 391 g/mol. The van der Waals surface area contributed by atoms with Crippen LogP contribution in [0.15, 0.2) is 30.5 Å². The van der Waals surface area contributed by atoms with Crippen LogP contribution < -0.4 is 0 Å². The second-order valence-corrected chi connectivity index (χ2v) is 7.94. The molecular weight excluding hydrogens is 356 g/mol. The zero-order valence-electron chi connectivity index (χ0n) is 17.0. The van der Waals surface area contributed by atoms with Gasteiger partial charge in [0, 0.05) is 23.2 Å². The SMILES string of the molecule is CCCCCCN(CCCCCC)CC(O)c1ccnc2ccc(Cl)cc12. The highest BCUT2D eigenvalue weighted by molar-refractivity contribution is 6.31. The molecule has 150 valence electrons. The molecule has 0 spiro atoms. The fraction of sp³-hybridized carbons (Fsp3) is 0.609. The highest BCUT2D eigenvalue weighted by Crippen LogP contribution is 2.26. The minimum Gasteiger partial charge on any atom is -0.387 e. The van der Waals surface area contributed by atoms with E-state index >= 15 is 0 Å². The molecule has 0 radical (unpaired) electrons. The number of hydrogen-bond acceptors (Lipinski definition) is 3. The van der Waals surface area contributed by atoms with Crippen LogP contribution in [0, 0.1) is 0 Å². The summed E-state index contributed by atoms with van der Waals surface area (Å²) in [6, 6.07) is 7.60. The number of unbranched alkanes of at least 4 members (excludes halogenated alkanes) is 6. The number of benzene rings is 1. The Morgan fingerprint density at radius 1 is 0.963 bits per heavy atom. The van der Waals surface area contributed by atoms with E-state index in [-0.39, 0.29) is 0 Å². The van der Waals surface area contributed by atoms with E-state index < -0.39 is 6.10 Å². The third-order valence-electron chi connectivity index (χ3n) is 5.18. The third-order valence-corrected chi connectivity index (χ3v) is 5.42. The number of fused-ring (bicyclic) bond motifs is 1. The van der Waals surface area contributed by atoms with Gasteiger partial charge in [-0.1, -0.05) is 64.0 Å². The number of rotatable bonds is 13. The second kappa shape index (κ2) is 12.3. The summed E-state index contributed by atoms with van der Waals surface area (Å²) in [6.07, 6.45) is 11.3. The van der Waals surface area contributed by atoms with E-state index in [1.54, 1.807) is 6.20 Å². The van der Waals surface area contributed by atoms with Crippen LogP contribution in [-0.4, -0.2) is 34.6 Å². The molecule has 2 aromatic rings. The summed E-state index contributed by atoms with van der Waals surface area (Å²) in [6.45, 7) is 7.28. The number of aromatic nitrogens is 1. The molecule has 2 rings (SSSR count). The van der Waals surface area contributed by atoms with Gasteiger partial charge in [0.05, 0.1) is 11.6 Å². The molecule has 27 heavy (non-hydrogen) atoms. The van der Waals surface area contributed by atoms with Crippen molar-refractivity contribution in [3.63, 3.8) is 0 Å². The molecule has 3 nitrogen and oxygen atoms in total. The van der Waals surface area contributed by atoms with E-state index in [1.807, 2.05) is 24.3 Å². The summed E-state index contributed by atoms with van der Waals surface area (Å²) in [5, 5.41) is 12.6. The molecule has 0 aliphatic carbocycles. The van der Waals surface area contributed by atoms with E-state index in [0.29, 0.717) is 11.6 Å². The van der Waals surface area contributed by atoms with Crippen molar-refractivity contribution in [3.05, 3.63) is 41.0 Å². The first kappa shape index (κ1) is 22.1. The molecule has 1 aromatic carbocycles. The minimum atomic E-state index is -0.522. The lowest BCUT2D eigenvalue weighted by Crippen LogP contribution is -2.31. The molecule has 0 fully saturated rings. The molecule has 0 bridgehead atoms. The lowest BCUT2D eigenvalue weighted by atomic mass is 10.0. The zero-order valence-corrected chi connectivity index (χ0v) is 17.7. The number of aliphatic hydroxyl groups excluding tert-OH is 1. The number of halogens is 1. The van der Waals surface area contributed by atoms with Crippen LogP contribution in [0.4, 0.5) is 0 Å². The van der Waals surface area contributed by atoms with Crippen LogP contribution in [-0.2, 0) is 0 Å². The van der Waals surface area contributed by atoms with E-state index in [0.717, 1.165) is 29.6 Å². The van der Waals surface area contributed by atoms with Gasteiger partial charge in [0.25, 0.3) is 0 Å². The van der Waals surface area contributed by atoms with Crippen LogP contribution in [0.3, 0.4) is 0 Å². The van der Waals surface area contributed by atoms with Gasteiger partial charge in [-0.3, -0.25) is 4.98 Å². The summed E-state index contributed by atoms with van der Waals surface area (Å²) in [5.74, 6) is 0. The average Bonchev–Trinajstić information content (AvgIpc) is 2.67. The predicted octanol–water partition coefficient (Wildman–Crippen LogP) is 6.38. The van der Waals surface area contributed by atoms with Crippen LogP contribution in [0.2, 0.25) is 5.02 Å². The van der Waals surface area contributed by atoms with Gasteiger partial charge in [-0.05, 0) is 55.8 Å². The van der Waals surface area contributed by atoms with E-state index in [9.17, 15) is 5.11 Å². The predicted molar refractivity (Wildman–Crippen MR) is 116 cm³/mol. The van der Waals surface area contributed by atoms with Crippen molar-refractivity contribution in [3.8, 4) is 0 Å². The van der Waals surface area contributed by atoms with Crippen molar-refractivity contribution in [2.75, 3.05) is 19.6 Å². The Bertz CT molecular complexity index is 664. The van der Waals surface area contributed by atoms with Gasteiger partial charge in [-0.25, -0.2) is 0 Å². The molecule has 4 heteroatoms. The number of aliphatic hydroxyl groups is 1. The monoisotopic (exact) mass is 390 g/mol. The van der Waals surface area contributed by atoms with Crippen molar-refractivity contribution >= 4 is 22.5 Å². The summed E-state index contributed by atoms with van der Waals surface area (Å²) in [5.41, 5.74) is 1.81. The minimum absolute atomic E-state index is 0.522. The second-order valence-electron chi connectivity index (χ2n) is 7.50. The molecule has 1 aromatic heterocycles. The maximum Gasteiger partial charge on any atom is 0.0924 e. The molecule has 0 aliphatic heterocycles. The fourth-order valence-electron chi connectivity index (χ4n) is 3.59. The number of hydrogen-bond donors (Lipinski definition) is 1. The van der Waals surface area contributed by atoms with Gasteiger partial charge < -0.3 is 10.0 Å². The van der Waals surface area contributed by atoms with E-state index in [2.05, 4.69) is 23.7 Å². The van der Waals surface area contributed by atoms with Crippen LogP contribution in [0.5, 0.6) is 0 Å². The zero-order chi connectivity index (χ0) is 19.5. The maximum atomic E-state index is 11.0. The van der Waals surface area contributed by atoms with Crippen molar-refractivity contribution in [2.24, 2.45) is 0 Å². The standard InChI is InChI=1S/C23H35ClN2O/c1-3-5-7-9-15-26(16-10-8-6-4-2)18-23(27)20-13-14-25-22-12-11-19(24)17-21(20)22/h11-14,17,23,27H,3-10,15-16,18H2,1-2H3. The van der Waals surface area contributed by atoms with Crippen molar-refractivity contribution < 1.29 is 5.11 Å². The normalized spacial score (nSPS) is 12.8. The smallest absolute Gasteiger partial charge is 0.0924 e. The summed E-state index contributed by atoms with van der Waals surface area (Å²) in [4.78, 5) is 6.84. The lowest BCUT2D eigenvalue weighted by molar-refractivity contribution is 0.111. The van der Waals surface area contributed by atoms with Gasteiger partial charge in [0.15, 0.2) is 0 Å². The van der Waals surface area contributed by atoms with Gasteiger partial charge in [-0.2, -0.15) is 0 Å². The van der Waals surface area contributed by atoms with Crippen LogP contribution in [0.25, 0.3) is 10.9 Å². The molecule has 0 saturated heterocycles. The van der Waals surface area contributed by atoms with Gasteiger partial charge in [-0.15, -0.1) is 0 Å². The van der Waals surface area contributed by atoms with Gasteiger partial charge in [0.1, 0.15) is 0 Å². The Hall–Kier alpha value is -1.16. The quantitative estimate of drug-likeness (QED) is 0.403. The molecular formula is C23H35ClN2O. The molecule has 1 unspecified atom stereocenters. The Morgan fingerprint density at radius 3 is 2.26 bits per heavy atom. The van der Waals surface area contributed by atoms with E-state index in [4.69, 9.17) is 11.6 Å². The Morgan fingerprint density at radius 2 is 1.63 bits per heavy atom. The molecule has 0 amide bonds. The van der Waals surface area contributed by atoms with Crippen molar-refractivity contribution in [1.82, 2.24) is 9.88 Å². The first-order valence-corrected chi connectivity index (χ1v) is 11.0. The third kappa shape index (κ3) is 7.40. The lowest BCUT2D eigenvalue weighted by Gasteiger charge is -2.26. The number of pyridine rings is 1. The highest BCUT2D eigenvalue weighted by Gasteiger charge is 2.16. The Labute approximate surface area is 169 Å². The first-order valence-electron chi connectivity index (χ1n) is 10.6. The molecule has 1 N–H and O–H groups in total. The Balaban J connectivity index is 2.04. The van der Waals surface area contributed by atoms with Gasteiger partial charge in [0.2, 0.25) is 0 Å². The summed E-state index contributed by atoms with van der Waals surface area (Å²) >= 11 is 6.18. The van der Waals surface area contributed by atoms with Crippen molar-refractivity contribution in [1.29, 1.82) is 0 Å². The van der Waals surface area contributed by atoms with E-state index in [1.165, 1.54) is 51.4 Å². The highest BCUT2D eigenvalue weighted by atomic mass is 35.5. The van der Waals surface area contributed by atoms with Crippen LogP contribution in [0.1, 0.15) is 76.9 Å². The maximum absolute atomic E-state index is 11.0. The molecule has 0 aliphatic rings. The van der Waals surface area contributed by atoms with Gasteiger partial charge >= 0.3 is 0 Å². The van der Waals surface area contributed by atoms with Crippen LogP contribution >= 0.6 is 11.6 Å². The summed E-state index contributed by atoms with van der Waals surface area (Å²) in [7, 11) is 0. The Kier molecular flexibility index (Phi) is 10.1. The topological polar surface area (TPSA) is 36.4 Å². The molecule has 1 atom stereocenters. The first-order chi connectivity index (χ1) is 13.2. The summed E-state index contributed by atoms with van der Waals surface area (Å²) < 4.78 is 0. The molecule has 1 heterocycles. The fourth-order valence-corrected chi connectivity index (χ4v) is 3.76. The van der Waals surface area contributed by atoms with Crippen molar-refractivity contribution in [2.45, 2.75) is 71.3 Å². The number of nitrogens with zero attached hydrogens (tertiary/aromatic N) is 2. The largest absolute Gasteiger partial charge is 0.387 e.